The van der Waals surface area contributed by atoms with E-state index in [2.05, 4.69) is 78.9 Å². The SMILES string of the molecule is Cc1ccc(C)c(C2=NN(c3nc(-c4ccc(I)cc4)cs3)[C@H](c3cccc([N+](=O)[O-])c3)C2)c1. The van der Waals surface area contributed by atoms with Crippen LogP contribution in [0.15, 0.2) is 77.2 Å². The van der Waals surface area contributed by atoms with Gasteiger partial charge in [-0.25, -0.2) is 9.99 Å². The van der Waals surface area contributed by atoms with Crippen LogP contribution in [0.1, 0.15) is 34.7 Å². The van der Waals surface area contributed by atoms with Crippen molar-refractivity contribution in [2.75, 3.05) is 5.01 Å². The van der Waals surface area contributed by atoms with Gasteiger partial charge in [-0.1, -0.05) is 42.0 Å². The van der Waals surface area contributed by atoms with Gasteiger partial charge >= 0.3 is 0 Å². The topological polar surface area (TPSA) is 71.6 Å². The van der Waals surface area contributed by atoms with Gasteiger partial charge in [0.15, 0.2) is 0 Å². The number of nitro benzene ring substituents is 1. The number of aryl methyl sites for hydroxylation is 2. The number of hydrogen-bond acceptors (Lipinski definition) is 6. The molecule has 170 valence electrons. The lowest BCUT2D eigenvalue weighted by molar-refractivity contribution is -0.384. The average Bonchev–Trinajstić information content (AvgIpc) is 3.49. The van der Waals surface area contributed by atoms with Crippen molar-refractivity contribution in [1.29, 1.82) is 0 Å². The summed E-state index contributed by atoms with van der Waals surface area (Å²) in [4.78, 5) is 16.0. The number of benzene rings is 3. The Morgan fingerprint density at radius 1 is 1.09 bits per heavy atom. The minimum Gasteiger partial charge on any atom is -0.258 e. The van der Waals surface area contributed by atoms with Crippen LogP contribution >= 0.6 is 33.9 Å². The summed E-state index contributed by atoms with van der Waals surface area (Å²) in [6.07, 6.45) is 0.643. The van der Waals surface area contributed by atoms with Gasteiger partial charge in [0.2, 0.25) is 5.13 Å². The Balaban J connectivity index is 1.57. The van der Waals surface area contributed by atoms with Crippen LogP contribution in [0.2, 0.25) is 0 Å². The van der Waals surface area contributed by atoms with Crippen LogP contribution in [0.25, 0.3) is 11.3 Å². The van der Waals surface area contributed by atoms with Gasteiger partial charge in [0.25, 0.3) is 5.69 Å². The molecule has 0 saturated heterocycles. The Kier molecular flexibility index (Phi) is 6.18. The number of nitro groups is 1. The summed E-state index contributed by atoms with van der Waals surface area (Å²) in [7, 11) is 0. The lowest BCUT2D eigenvalue weighted by Gasteiger charge is -2.21. The second-order valence-corrected chi connectivity index (χ2v) is 10.4. The van der Waals surface area contributed by atoms with Crippen LogP contribution in [-0.4, -0.2) is 15.6 Å². The maximum Gasteiger partial charge on any atom is 0.269 e. The molecule has 6 nitrogen and oxygen atoms in total. The molecule has 0 spiro atoms. The molecule has 0 unspecified atom stereocenters. The van der Waals surface area contributed by atoms with Gasteiger partial charge in [0.05, 0.1) is 22.4 Å². The molecule has 0 aliphatic carbocycles. The van der Waals surface area contributed by atoms with Crippen LogP contribution < -0.4 is 5.01 Å². The van der Waals surface area contributed by atoms with E-state index in [1.807, 2.05) is 16.5 Å². The summed E-state index contributed by atoms with van der Waals surface area (Å²) in [6, 6.07) is 21.3. The van der Waals surface area contributed by atoms with E-state index in [0.717, 1.165) is 38.8 Å². The Hall–Kier alpha value is -3.11. The lowest BCUT2D eigenvalue weighted by atomic mass is 9.95. The van der Waals surface area contributed by atoms with Crippen LogP contribution in [0, 0.1) is 27.5 Å². The van der Waals surface area contributed by atoms with Crippen molar-refractivity contribution in [3.63, 3.8) is 0 Å². The number of hydrazone groups is 1. The molecule has 0 amide bonds. The zero-order chi connectivity index (χ0) is 23.8. The molecule has 0 saturated carbocycles. The van der Waals surface area contributed by atoms with E-state index in [9.17, 15) is 10.1 Å². The van der Waals surface area contributed by atoms with E-state index in [0.29, 0.717) is 6.42 Å². The molecule has 2 heterocycles. The summed E-state index contributed by atoms with van der Waals surface area (Å²) in [5, 5.41) is 21.2. The standard InChI is InChI=1S/C26H21IN4O2S/c1-16-6-7-17(2)22(12-16)23-14-25(19-4-3-5-21(13-19)31(32)33)30(29-23)26-28-24(15-34-26)18-8-10-20(27)11-9-18/h3-13,15,25H,14H2,1-2H3/t25-/m0/s1. The number of halogens is 1. The first-order chi connectivity index (χ1) is 16.4. The highest BCUT2D eigenvalue weighted by Gasteiger charge is 2.33. The van der Waals surface area contributed by atoms with Crippen LogP contribution in [0.5, 0.6) is 0 Å². The summed E-state index contributed by atoms with van der Waals surface area (Å²) in [6.45, 7) is 4.16. The van der Waals surface area contributed by atoms with Crippen molar-refractivity contribution in [3.8, 4) is 11.3 Å². The average molecular weight is 580 g/mol. The van der Waals surface area contributed by atoms with Crippen molar-refractivity contribution >= 4 is 50.5 Å². The second-order valence-electron chi connectivity index (χ2n) is 8.30. The largest absolute Gasteiger partial charge is 0.269 e. The molecule has 1 aliphatic heterocycles. The van der Waals surface area contributed by atoms with Crippen LogP contribution in [0.4, 0.5) is 10.8 Å². The van der Waals surface area contributed by atoms with E-state index >= 15 is 0 Å². The molecular weight excluding hydrogens is 559 g/mol. The molecule has 0 radical (unpaired) electrons. The molecule has 4 aromatic rings. The van der Waals surface area contributed by atoms with Gasteiger partial charge in [-0.3, -0.25) is 10.1 Å². The zero-order valence-electron chi connectivity index (χ0n) is 18.6. The maximum absolute atomic E-state index is 11.4. The predicted octanol–water partition coefficient (Wildman–Crippen LogP) is 7.30. The summed E-state index contributed by atoms with van der Waals surface area (Å²) in [5.74, 6) is 0. The Labute approximate surface area is 215 Å². The number of hydrogen-bond donors (Lipinski definition) is 0. The van der Waals surface area contributed by atoms with Crippen LogP contribution in [0.3, 0.4) is 0 Å². The normalized spacial score (nSPS) is 15.4. The predicted molar refractivity (Wildman–Crippen MR) is 146 cm³/mol. The van der Waals surface area contributed by atoms with Gasteiger partial charge in [-0.15, -0.1) is 11.3 Å². The van der Waals surface area contributed by atoms with Gasteiger partial charge < -0.3 is 0 Å². The van der Waals surface area contributed by atoms with E-state index in [1.54, 1.807) is 12.1 Å². The van der Waals surface area contributed by atoms with E-state index < -0.39 is 0 Å². The number of anilines is 1. The van der Waals surface area contributed by atoms with Gasteiger partial charge in [-0.05, 0) is 65.8 Å². The Morgan fingerprint density at radius 2 is 1.88 bits per heavy atom. The number of nitrogens with zero attached hydrogens (tertiary/aromatic N) is 4. The molecule has 34 heavy (non-hydrogen) atoms. The summed E-state index contributed by atoms with van der Waals surface area (Å²) >= 11 is 3.82. The molecule has 0 N–H and O–H groups in total. The fraction of sp³-hybridized carbons (Fsp3) is 0.154. The van der Waals surface area contributed by atoms with Crippen molar-refractivity contribution in [1.82, 2.24) is 4.98 Å². The fourth-order valence-electron chi connectivity index (χ4n) is 4.12. The molecule has 0 bridgehead atoms. The van der Waals surface area contributed by atoms with E-state index in [1.165, 1.54) is 26.5 Å². The Morgan fingerprint density at radius 3 is 2.65 bits per heavy atom. The van der Waals surface area contributed by atoms with Gasteiger partial charge in [-0.2, -0.15) is 5.10 Å². The van der Waals surface area contributed by atoms with Crippen molar-refractivity contribution in [2.45, 2.75) is 26.3 Å². The zero-order valence-corrected chi connectivity index (χ0v) is 21.6. The monoisotopic (exact) mass is 580 g/mol. The first-order valence-electron chi connectivity index (χ1n) is 10.8. The molecule has 1 aromatic heterocycles. The van der Waals surface area contributed by atoms with Crippen LogP contribution in [-0.2, 0) is 0 Å². The van der Waals surface area contributed by atoms with Crippen molar-refractivity contribution in [3.05, 3.63) is 108 Å². The van der Waals surface area contributed by atoms with Crippen molar-refractivity contribution in [2.24, 2.45) is 5.10 Å². The highest BCUT2D eigenvalue weighted by Crippen LogP contribution is 2.40. The first-order valence-corrected chi connectivity index (χ1v) is 12.7. The highest BCUT2D eigenvalue weighted by atomic mass is 127. The highest BCUT2D eigenvalue weighted by molar-refractivity contribution is 14.1. The third-order valence-corrected chi connectivity index (χ3v) is 7.46. The summed E-state index contributed by atoms with van der Waals surface area (Å²) < 4.78 is 1.17. The number of non-ortho nitro benzene ring substituents is 1. The quantitative estimate of drug-likeness (QED) is 0.141. The van der Waals surface area contributed by atoms with Gasteiger partial charge in [0.1, 0.15) is 0 Å². The Bertz CT molecular complexity index is 1410. The van der Waals surface area contributed by atoms with Crippen molar-refractivity contribution < 1.29 is 4.92 Å². The summed E-state index contributed by atoms with van der Waals surface area (Å²) in [5.41, 5.74) is 7.26. The third kappa shape index (κ3) is 4.47. The smallest absolute Gasteiger partial charge is 0.258 e. The minimum absolute atomic E-state index is 0.0800. The molecule has 1 atom stereocenters. The third-order valence-electron chi connectivity index (χ3n) is 5.91. The number of aromatic nitrogens is 1. The molecule has 8 heteroatoms. The minimum atomic E-state index is -0.354. The lowest BCUT2D eigenvalue weighted by Crippen LogP contribution is -2.18. The fourth-order valence-corrected chi connectivity index (χ4v) is 5.32. The molecule has 5 rings (SSSR count). The molecular formula is C26H21IN4O2S. The number of rotatable bonds is 5. The molecule has 0 fully saturated rings. The molecule has 3 aromatic carbocycles. The number of thiazole rings is 1. The van der Waals surface area contributed by atoms with E-state index in [-0.39, 0.29) is 16.7 Å². The van der Waals surface area contributed by atoms with Gasteiger partial charge in [0, 0.05) is 38.6 Å². The first kappa shape index (κ1) is 22.7. The second kappa shape index (κ2) is 9.27. The van der Waals surface area contributed by atoms with E-state index in [4.69, 9.17) is 10.1 Å². The molecule has 1 aliphatic rings. The maximum atomic E-state index is 11.4.